The molecule has 0 fully saturated rings. The van der Waals surface area contributed by atoms with Gasteiger partial charge in [0.15, 0.2) is 22.7 Å². The zero-order valence-corrected chi connectivity index (χ0v) is 18.4. The summed E-state index contributed by atoms with van der Waals surface area (Å²) in [5.74, 6) is -1.71. The van der Waals surface area contributed by atoms with Crippen molar-refractivity contribution in [3.63, 3.8) is 0 Å². The van der Waals surface area contributed by atoms with Crippen molar-refractivity contribution in [2.45, 2.75) is 33.5 Å². The van der Waals surface area contributed by atoms with Crippen molar-refractivity contribution in [1.29, 1.82) is 0 Å². The molecule has 3 N–H and O–H groups in total. The molecule has 0 spiro atoms. The Kier molecular flexibility index (Phi) is 5.59. The fourth-order valence-corrected chi connectivity index (χ4v) is 3.38. The predicted octanol–water partition coefficient (Wildman–Crippen LogP) is 3.60. The topological polar surface area (TPSA) is 120 Å². The van der Waals surface area contributed by atoms with Gasteiger partial charge in [-0.1, -0.05) is 12.1 Å². The average molecular weight is 471 g/mol. The highest BCUT2D eigenvalue weighted by Gasteiger charge is 2.36. The number of nitrogens with two attached hydrogens (primary N) is 1. The fraction of sp³-hybridized carbons (Fsp3) is 0.227. The van der Waals surface area contributed by atoms with Gasteiger partial charge in [0.2, 0.25) is 0 Å². The standard InChI is InChI=1S/C22H20F3N7O2/c1-4-31-10-16(19(30-31)20(26)33)28-21(34)15-9-18-27-14(13-6-5-11(2)12(3)7-13)8-17(22(23,24)25)32(18)29-15/h5-10H,4H2,1-3H3,(H2,26,33)(H,28,34). The maximum absolute atomic E-state index is 13.8. The molecule has 0 radical (unpaired) electrons. The molecular weight excluding hydrogens is 451 g/mol. The Labute approximate surface area is 191 Å². The molecular formula is C22H20F3N7O2. The number of aryl methyl sites for hydroxylation is 3. The average Bonchev–Trinajstić information content (AvgIpc) is 3.38. The second-order valence-electron chi connectivity index (χ2n) is 7.69. The van der Waals surface area contributed by atoms with Crippen molar-refractivity contribution in [3.05, 3.63) is 64.7 Å². The van der Waals surface area contributed by atoms with E-state index < -0.39 is 23.7 Å². The van der Waals surface area contributed by atoms with E-state index in [1.807, 2.05) is 13.8 Å². The molecule has 2 amide bonds. The third-order valence-electron chi connectivity index (χ3n) is 5.32. The first kappa shape index (κ1) is 23.0. The summed E-state index contributed by atoms with van der Waals surface area (Å²) in [4.78, 5) is 28.7. The maximum Gasteiger partial charge on any atom is 0.433 e. The van der Waals surface area contributed by atoms with E-state index >= 15 is 0 Å². The Hall–Kier alpha value is -4.22. The molecule has 3 aromatic heterocycles. The van der Waals surface area contributed by atoms with Gasteiger partial charge in [-0.15, -0.1) is 0 Å². The van der Waals surface area contributed by atoms with E-state index in [-0.39, 0.29) is 28.4 Å². The number of alkyl halides is 3. The molecule has 9 nitrogen and oxygen atoms in total. The lowest BCUT2D eigenvalue weighted by molar-refractivity contribution is -0.142. The Morgan fingerprint density at radius 3 is 2.44 bits per heavy atom. The molecule has 0 aliphatic carbocycles. The van der Waals surface area contributed by atoms with Crippen LogP contribution in [0.4, 0.5) is 18.9 Å². The summed E-state index contributed by atoms with van der Waals surface area (Å²) in [5.41, 5.74) is 6.07. The number of hydrogen-bond acceptors (Lipinski definition) is 5. The van der Waals surface area contributed by atoms with Gasteiger partial charge in [0.05, 0.1) is 11.4 Å². The number of carbonyl (C=O) groups excluding carboxylic acids is 2. The van der Waals surface area contributed by atoms with Crippen LogP contribution in [0.15, 0.2) is 36.5 Å². The summed E-state index contributed by atoms with van der Waals surface area (Å²) < 4.78 is 43.5. The van der Waals surface area contributed by atoms with Crippen molar-refractivity contribution < 1.29 is 22.8 Å². The lowest BCUT2D eigenvalue weighted by atomic mass is 10.0. The smallest absolute Gasteiger partial charge is 0.364 e. The van der Waals surface area contributed by atoms with Crippen LogP contribution < -0.4 is 11.1 Å². The van der Waals surface area contributed by atoms with E-state index in [9.17, 15) is 22.8 Å². The lowest BCUT2D eigenvalue weighted by Crippen LogP contribution is -2.18. The van der Waals surface area contributed by atoms with Crippen LogP contribution in [0.5, 0.6) is 0 Å². The van der Waals surface area contributed by atoms with Gasteiger partial charge < -0.3 is 11.1 Å². The highest BCUT2D eigenvalue weighted by molar-refractivity contribution is 6.07. The lowest BCUT2D eigenvalue weighted by Gasteiger charge is -2.11. The second-order valence-corrected chi connectivity index (χ2v) is 7.69. The largest absolute Gasteiger partial charge is 0.433 e. The molecule has 34 heavy (non-hydrogen) atoms. The highest BCUT2D eigenvalue weighted by Crippen LogP contribution is 2.33. The molecule has 1 aromatic carbocycles. The number of aromatic nitrogens is 5. The maximum atomic E-state index is 13.8. The predicted molar refractivity (Wildman–Crippen MR) is 117 cm³/mol. The number of benzene rings is 1. The SMILES string of the molecule is CCn1cc(NC(=O)c2cc3nc(-c4ccc(C)c(C)c4)cc(C(F)(F)F)n3n2)c(C(N)=O)n1. The Balaban J connectivity index is 1.78. The van der Waals surface area contributed by atoms with Crippen LogP contribution in [0.25, 0.3) is 16.9 Å². The van der Waals surface area contributed by atoms with Gasteiger partial charge in [0, 0.05) is 24.4 Å². The number of hydrogen-bond donors (Lipinski definition) is 2. The van der Waals surface area contributed by atoms with E-state index in [0.29, 0.717) is 16.6 Å². The number of primary amides is 1. The normalized spacial score (nSPS) is 11.7. The van der Waals surface area contributed by atoms with E-state index in [1.165, 1.54) is 10.9 Å². The molecule has 176 valence electrons. The molecule has 0 saturated heterocycles. The molecule has 0 aliphatic heterocycles. The number of nitrogens with one attached hydrogen (secondary N) is 1. The molecule has 4 aromatic rings. The van der Waals surface area contributed by atoms with Crippen LogP contribution in [0.1, 0.15) is 44.7 Å². The van der Waals surface area contributed by atoms with E-state index in [2.05, 4.69) is 20.5 Å². The first-order chi connectivity index (χ1) is 16.0. The number of carbonyl (C=O) groups is 2. The number of amides is 2. The molecule has 3 heterocycles. The molecule has 0 bridgehead atoms. The van der Waals surface area contributed by atoms with Crippen LogP contribution in [-0.2, 0) is 12.7 Å². The minimum atomic E-state index is -4.75. The number of fused-ring (bicyclic) bond motifs is 1. The third-order valence-corrected chi connectivity index (χ3v) is 5.32. The number of nitrogens with zero attached hydrogens (tertiary/aromatic N) is 5. The van der Waals surface area contributed by atoms with Gasteiger partial charge in [-0.3, -0.25) is 14.3 Å². The number of anilines is 1. The quantitative estimate of drug-likeness (QED) is 0.461. The van der Waals surface area contributed by atoms with Gasteiger partial charge in [-0.2, -0.15) is 23.4 Å². The van der Waals surface area contributed by atoms with Gasteiger partial charge in [-0.25, -0.2) is 9.50 Å². The second kappa shape index (κ2) is 8.28. The molecule has 0 saturated carbocycles. The van der Waals surface area contributed by atoms with Crippen LogP contribution >= 0.6 is 0 Å². The van der Waals surface area contributed by atoms with Crippen molar-refractivity contribution in [1.82, 2.24) is 24.4 Å². The Morgan fingerprint density at radius 1 is 1.09 bits per heavy atom. The summed E-state index contributed by atoms with van der Waals surface area (Å²) in [7, 11) is 0. The molecule has 4 rings (SSSR count). The Morgan fingerprint density at radius 2 is 1.82 bits per heavy atom. The number of rotatable bonds is 5. The molecule has 0 atom stereocenters. The minimum Gasteiger partial charge on any atom is -0.364 e. The van der Waals surface area contributed by atoms with Gasteiger partial charge in [-0.05, 0) is 44.0 Å². The molecule has 0 unspecified atom stereocenters. The van der Waals surface area contributed by atoms with E-state index in [0.717, 1.165) is 23.3 Å². The Bertz CT molecular complexity index is 1440. The van der Waals surface area contributed by atoms with Crippen LogP contribution in [0, 0.1) is 13.8 Å². The van der Waals surface area contributed by atoms with Gasteiger partial charge >= 0.3 is 6.18 Å². The summed E-state index contributed by atoms with van der Waals surface area (Å²) in [6.45, 7) is 5.92. The molecule has 0 aliphatic rings. The summed E-state index contributed by atoms with van der Waals surface area (Å²) in [6, 6.07) is 7.26. The summed E-state index contributed by atoms with van der Waals surface area (Å²) in [6.07, 6.45) is -3.36. The highest BCUT2D eigenvalue weighted by atomic mass is 19.4. The first-order valence-corrected chi connectivity index (χ1v) is 10.2. The van der Waals surface area contributed by atoms with Crippen LogP contribution in [0.3, 0.4) is 0 Å². The summed E-state index contributed by atoms with van der Waals surface area (Å²) in [5, 5.41) is 10.2. The van der Waals surface area contributed by atoms with Crippen molar-refractivity contribution in [3.8, 4) is 11.3 Å². The van der Waals surface area contributed by atoms with Crippen LogP contribution in [-0.4, -0.2) is 36.2 Å². The third kappa shape index (κ3) is 4.21. The van der Waals surface area contributed by atoms with E-state index in [4.69, 9.17) is 5.73 Å². The summed E-state index contributed by atoms with van der Waals surface area (Å²) >= 11 is 0. The van der Waals surface area contributed by atoms with Gasteiger partial charge in [0.1, 0.15) is 0 Å². The van der Waals surface area contributed by atoms with Crippen molar-refractivity contribution in [2.75, 3.05) is 5.32 Å². The minimum absolute atomic E-state index is 0.0243. The van der Waals surface area contributed by atoms with Crippen LogP contribution in [0.2, 0.25) is 0 Å². The van der Waals surface area contributed by atoms with Crippen molar-refractivity contribution in [2.24, 2.45) is 5.73 Å². The molecule has 12 heteroatoms. The fourth-order valence-electron chi connectivity index (χ4n) is 3.38. The zero-order valence-electron chi connectivity index (χ0n) is 18.4. The monoisotopic (exact) mass is 471 g/mol. The first-order valence-electron chi connectivity index (χ1n) is 10.2. The van der Waals surface area contributed by atoms with E-state index in [1.54, 1.807) is 25.1 Å². The van der Waals surface area contributed by atoms with Gasteiger partial charge in [0.25, 0.3) is 11.8 Å². The number of halogens is 3. The zero-order chi connectivity index (χ0) is 24.8. The van der Waals surface area contributed by atoms with Crippen molar-refractivity contribution >= 4 is 23.1 Å².